The minimum atomic E-state index is 0. The second-order valence-electron chi connectivity index (χ2n) is 3.98. The summed E-state index contributed by atoms with van der Waals surface area (Å²) in [5.74, 6) is 0.0350. The van der Waals surface area contributed by atoms with Crippen molar-refractivity contribution in [1.29, 1.82) is 0 Å². The van der Waals surface area contributed by atoms with Crippen molar-refractivity contribution in [3.8, 4) is 0 Å². The predicted molar refractivity (Wildman–Crippen MR) is 78.7 cm³/mol. The molecule has 0 bridgehead atoms. The number of nitrogens with one attached hydrogen (secondary N) is 2. The third kappa shape index (κ3) is 7.48. The van der Waals surface area contributed by atoms with E-state index in [9.17, 15) is 4.79 Å². The first kappa shape index (κ1) is 19.5. The second-order valence-corrected chi connectivity index (χ2v) is 3.98. The number of aryl methyl sites for hydroxylation is 1. The maximum absolute atomic E-state index is 11.6. The highest BCUT2D eigenvalue weighted by Crippen LogP contribution is 2.00. The lowest BCUT2D eigenvalue weighted by Gasteiger charge is -2.11. The highest BCUT2D eigenvalue weighted by atomic mass is 35.5. The van der Waals surface area contributed by atoms with Crippen LogP contribution in [0.3, 0.4) is 0 Å². The summed E-state index contributed by atoms with van der Waals surface area (Å²) in [6, 6.07) is 4.14. The first-order valence-electron chi connectivity index (χ1n) is 5.47. The minimum Gasteiger partial charge on any atom is -0.354 e. The molecule has 0 radical (unpaired) electrons. The summed E-state index contributed by atoms with van der Waals surface area (Å²) in [5.41, 5.74) is 1.91. The molecule has 0 aliphatic heterocycles. The molecule has 1 amide bonds. The van der Waals surface area contributed by atoms with Gasteiger partial charge in [0.25, 0.3) is 0 Å². The Bertz CT molecular complexity index is 344. The van der Waals surface area contributed by atoms with Gasteiger partial charge >= 0.3 is 0 Å². The standard InChI is InChI=1S/C12H19N3O.2ClH/c1-9-4-5-11(8-14-9)6-12(16)15-7-10(2)13-3;;/h4-5,8,10,13H,6-7H2,1-3H3,(H,15,16);2*1H. The first-order valence-corrected chi connectivity index (χ1v) is 5.47. The Kier molecular flexibility index (Phi) is 11.0. The fourth-order valence-corrected chi connectivity index (χ4v) is 1.22. The zero-order valence-electron chi connectivity index (χ0n) is 10.9. The van der Waals surface area contributed by atoms with Gasteiger partial charge in [0.1, 0.15) is 0 Å². The van der Waals surface area contributed by atoms with Crippen molar-refractivity contribution in [1.82, 2.24) is 15.6 Å². The number of amides is 1. The summed E-state index contributed by atoms with van der Waals surface area (Å²) in [6.45, 7) is 4.60. The molecule has 4 nitrogen and oxygen atoms in total. The van der Waals surface area contributed by atoms with Gasteiger partial charge in [0.2, 0.25) is 5.91 Å². The predicted octanol–water partition coefficient (Wildman–Crippen LogP) is 1.50. The molecule has 0 aromatic carbocycles. The highest BCUT2D eigenvalue weighted by molar-refractivity contribution is 5.85. The highest BCUT2D eigenvalue weighted by Gasteiger charge is 2.05. The Morgan fingerprint density at radius 1 is 1.39 bits per heavy atom. The third-order valence-electron chi connectivity index (χ3n) is 2.44. The van der Waals surface area contributed by atoms with E-state index in [1.165, 1.54) is 0 Å². The van der Waals surface area contributed by atoms with Gasteiger partial charge in [-0.25, -0.2) is 0 Å². The van der Waals surface area contributed by atoms with Gasteiger partial charge in [-0.1, -0.05) is 6.07 Å². The largest absolute Gasteiger partial charge is 0.354 e. The van der Waals surface area contributed by atoms with Crippen molar-refractivity contribution in [2.24, 2.45) is 0 Å². The monoisotopic (exact) mass is 293 g/mol. The summed E-state index contributed by atoms with van der Waals surface area (Å²) < 4.78 is 0. The van der Waals surface area contributed by atoms with E-state index in [0.717, 1.165) is 11.3 Å². The molecule has 0 aliphatic carbocycles. The number of likely N-dealkylation sites (N-methyl/N-ethyl adjacent to an activating group) is 1. The quantitative estimate of drug-likeness (QED) is 0.865. The number of hydrogen-bond donors (Lipinski definition) is 2. The lowest BCUT2D eigenvalue weighted by molar-refractivity contribution is -0.120. The maximum Gasteiger partial charge on any atom is 0.224 e. The van der Waals surface area contributed by atoms with Crippen molar-refractivity contribution < 1.29 is 4.79 Å². The third-order valence-corrected chi connectivity index (χ3v) is 2.44. The van der Waals surface area contributed by atoms with E-state index >= 15 is 0 Å². The Morgan fingerprint density at radius 2 is 2.06 bits per heavy atom. The number of pyridine rings is 1. The van der Waals surface area contributed by atoms with Crippen LogP contribution in [0.4, 0.5) is 0 Å². The fourth-order valence-electron chi connectivity index (χ4n) is 1.22. The summed E-state index contributed by atoms with van der Waals surface area (Å²) >= 11 is 0. The zero-order chi connectivity index (χ0) is 12.0. The molecule has 2 N–H and O–H groups in total. The Labute approximate surface area is 121 Å². The number of carbonyl (C=O) groups is 1. The molecule has 1 rings (SSSR count). The summed E-state index contributed by atoms with van der Waals surface area (Å²) in [6.07, 6.45) is 2.14. The van der Waals surface area contributed by atoms with E-state index in [1.54, 1.807) is 6.20 Å². The molecule has 18 heavy (non-hydrogen) atoms. The molecule has 0 saturated carbocycles. The lowest BCUT2D eigenvalue weighted by atomic mass is 10.2. The summed E-state index contributed by atoms with van der Waals surface area (Å²) in [4.78, 5) is 15.7. The number of hydrogen-bond acceptors (Lipinski definition) is 3. The van der Waals surface area contributed by atoms with Crippen LogP contribution in [0.25, 0.3) is 0 Å². The second kappa shape index (κ2) is 10.1. The Balaban J connectivity index is 0. The van der Waals surface area contributed by atoms with Crippen LogP contribution >= 0.6 is 24.8 Å². The maximum atomic E-state index is 11.6. The average Bonchev–Trinajstić information content (AvgIpc) is 2.29. The van der Waals surface area contributed by atoms with Crippen LogP contribution in [-0.2, 0) is 11.2 Å². The van der Waals surface area contributed by atoms with Gasteiger partial charge in [-0.2, -0.15) is 0 Å². The van der Waals surface area contributed by atoms with Crippen molar-refractivity contribution >= 4 is 30.7 Å². The van der Waals surface area contributed by atoms with E-state index in [1.807, 2.05) is 33.0 Å². The van der Waals surface area contributed by atoms with Crippen molar-refractivity contribution in [2.45, 2.75) is 26.3 Å². The number of carbonyl (C=O) groups excluding carboxylic acids is 1. The SMILES string of the molecule is CNC(C)CNC(=O)Cc1ccc(C)nc1.Cl.Cl. The van der Waals surface area contributed by atoms with Gasteiger partial charge < -0.3 is 10.6 Å². The molecular formula is C12H21Cl2N3O. The number of halogens is 2. The molecular weight excluding hydrogens is 273 g/mol. The van der Waals surface area contributed by atoms with E-state index < -0.39 is 0 Å². The molecule has 6 heteroatoms. The van der Waals surface area contributed by atoms with Crippen LogP contribution in [-0.4, -0.2) is 30.5 Å². The smallest absolute Gasteiger partial charge is 0.224 e. The summed E-state index contributed by atoms with van der Waals surface area (Å²) in [7, 11) is 1.88. The van der Waals surface area contributed by atoms with Crippen LogP contribution in [0.15, 0.2) is 18.3 Å². The summed E-state index contributed by atoms with van der Waals surface area (Å²) in [5, 5.41) is 5.93. The van der Waals surface area contributed by atoms with Gasteiger partial charge in [-0.3, -0.25) is 9.78 Å². The number of aromatic nitrogens is 1. The molecule has 1 atom stereocenters. The van der Waals surface area contributed by atoms with E-state index in [2.05, 4.69) is 15.6 Å². The molecule has 0 saturated heterocycles. The van der Waals surface area contributed by atoms with Gasteiger partial charge in [-0.05, 0) is 32.5 Å². The van der Waals surface area contributed by atoms with Crippen molar-refractivity contribution in [3.05, 3.63) is 29.6 Å². The minimum absolute atomic E-state index is 0. The normalized spacial score (nSPS) is 10.8. The number of rotatable bonds is 5. The average molecular weight is 294 g/mol. The molecule has 1 aromatic rings. The topological polar surface area (TPSA) is 54.0 Å². The molecule has 0 aliphatic rings. The van der Waals surface area contributed by atoms with Gasteiger partial charge in [0, 0.05) is 24.5 Å². The van der Waals surface area contributed by atoms with E-state index in [0.29, 0.717) is 19.0 Å². The van der Waals surface area contributed by atoms with Gasteiger partial charge in [0.15, 0.2) is 0 Å². The molecule has 0 spiro atoms. The number of nitrogens with zero attached hydrogens (tertiary/aromatic N) is 1. The fraction of sp³-hybridized carbons (Fsp3) is 0.500. The lowest BCUT2D eigenvalue weighted by Crippen LogP contribution is -2.37. The van der Waals surface area contributed by atoms with Gasteiger partial charge in [-0.15, -0.1) is 24.8 Å². The molecule has 1 unspecified atom stereocenters. The van der Waals surface area contributed by atoms with Crippen LogP contribution in [0.1, 0.15) is 18.2 Å². The Morgan fingerprint density at radius 3 is 2.56 bits per heavy atom. The van der Waals surface area contributed by atoms with E-state index in [4.69, 9.17) is 0 Å². The van der Waals surface area contributed by atoms with Crippen LogP contribution in [0.5, 0.6) is 0 Å². The molecule has 1 aromatic heterocycles. The van der Waals surface area contributed by atoms with E-state index in [-0.39, 0.29) is 30.7 Å². The first-order chi connectivity index (χ1) is 7.61. The Hall–Kier alpha value is -0.840. The van der Waals surface area contributed by atoms with Gasteiger partial charge in [0.05, 0.1) is 6.42 Å². The van der Waals surface area contributed by atoms with Crippen LogP contribution in [0.2, 0.25) is 0 Å². The van der Waals surface area contributed by atoms with Crippen molar-refractivity contribution in [2.75, 3.05) is 13.6 Å². The molecule has 104 valence electrons. The zero-order valence-corrected chi connectivity index (χ0v) is 12.5. The van der Waals surface area contributed by atoms with Crippen LogP contribution in [0, 0.1) is 6.92 Å². The van der Waals surface area contributed by atoms with Crippen LogP contribution < -0.4 is 10.6 Å². The molecule has 1 heterocycles. The van der Waals surface area contributed by atoms with Crippen molar-refractivity contribution in [3.63, 3.8) is 0 Å². The molecule has 0 fully saturated rings.